The zero-order valence-electron chi connectivity index (χ0n) is 15.9. The van der Waals surface area contributed by atoms with Gasteiger partial charge in [-0.05, 0) is 45.0 Å². The van der Waals surface area contributed by atoms with Crippen LogP contribution in [-0.2, 0) is 4.79 Å². The highest BCUT2D eigenvalue weighted by molar-refractivity contribution is 6.30. The minimum absolute atomic E-state index is 0.107. The van der Waals surface area contributed by atoms with E-state index >= 15 is 0 Å². The van der Waals surface area contributed by atoms with Crippen LogP contribution in [0.4, 0.5) is 5.69 Å². The molecule has 1 aliphatic rings. The van der Waals surface area contributed by atoms with E-state index in [4.69, 9.17) is 16.3 Å². The summed E-state index contributed by atoms with van der Waals surface area (Å²) < 4.78 is 7.25. The Bertz CT molecular complexity index is 1070. The number of benzene rings is 1. The molecule has 1 aliphatic heterocycles. The maximum absolute atomic E-state index is 12.9. The molecule has 0 radical (unpaired) electrons. The minimum atomic E-state index is -1.55. The van der Waals surface area contributed by atoms with Crippen LogP contribution >= 0.6 is 11.6 Å². The second-order valence-electron chi connectivity index (χ2n) is 7.50. The normalized spacial score (nSPS) is 22.5. The summed E-state index contributed by atoms with van der Waals surface area (Å²) in [6.07, 6.45) is 1.43. The van der Waals surface area contributed by atoms with Gasteiger partial charge in [-0.25, -0.2) is 0 Å². The number of nitrogens with one attached hydrogen (secondary N) is 1. The zero-order valence-corrected chi connectivity index (χ0v) is 16.7. The van der Waals surface area contributed by atoms with E-state index in [1.165, 1.54) is 23.8 Å². The Morgan fingerprint density at radius 1 is 1.36 bits per heavy atom. The minimum Gasteiger partial charge on any atom is -0.484 e. The van der Waals surface area contributed by atoms with Crippen LogP contribution in [0.2, 0.25) is 5.02 Å². The maximum Gasteiger partial charge on any atom is 0.270 e. The Morgan fingerprint density at radius 3 is 2.64 bits per heavy atom. The van der Waals surface area contributed by atoms with Gasteiger partial charge in [0.1, 0.15) is 22.0 Å². The molecule has 1 amide bonds. The number of hydrogen-bond donors (Lipinski definition) is 2. The van der Waals surface area contributed by atoms with Crippen molar-refractivity contribution in [1.29, 1.82) is 5.26 Å². The largest absolute Gasteiger partial charge is 0.484 e. The van der Waals surface area contributed by atoms with E-state index in [9.17, 15) is 20.0 Å². The van der Waals surface area contributed by atoms with E-state index in [0.29, 0.717) is 22.6 Å². The lowest BCUT2D eigenvalue weighted by Gasteiger charge is -2.50. The Labute approximate surface area is 167 Å². The van der Waals surface area contributed by atoms with Crippen molar-refractivity contribution in [2.24, 2.45) is 0 Å². The molecular weight excluding hydrogens is 382 g/mol. The molecule has 0 saturated carbocycles. The zero-order chi connectivity index (χ0) is 20.9. The fraction of sp³-hybridized carbons (Fsp3) is 0.350. The Balaban J connectivity index is 2.33. The average molecular weight is 402 g/mol. The number of rotatable bonds is 2. The predicted octanol–water partition coefficient (Wildman–Crippen LogP) is 2.84. The van der Waals surface area contributed by atoms with Crippen molar-refractivity contribution in [2.45, 2.75) is 44.9 Å². The molecule has 0 fully saturated rings. The van der Waals surface area contributed by atoms with Crippen molar-refractivity contribution in [3.05, 3.63) is 57.0 Å². The van der Waals surface area contributed by atoms with Crippen molar-refractivity contribution in [2.75, 3.05) is 5.32 Å². The SMILES string of the molecule is CC(=O)Nc1cc(Cl)c(=O)n(C2c3cc(C#N)ccc3OC(C)(C)C2(C)O)c1. The molecular formula is C20H20ClN3O4. The summed E-state index contributed by atoms with van der Waals surface area (Å²) in [5.41, 5.74) is -1.99. The molecule has 2 atom stereocenters. The van der Waals surface area contributed by atoms with E-state index in [-0.39, 0.29) is 10.9 Å². The van der Waals surface area contributed by atoms with Gasteiger partial charge >= 0.3 is 0 Å². The third-order valence-electron chi connectivity index (χ3n) is 5.15. The van der Waals surface area contributed by atoms with Crippen LogP contribution in [0.1, 0.15) is 44.9 Å². The number of anilines is 1. The molecule has 7 nitrogen and oxygen atoms in total. The molecule has 0 spiro atoms. The van der Waals surface area contributed by atoms with Gasteiger partial charge < -0.3 is 19.7 Å². The van der Waals surface area contributed by atoms with E-state index in [0.717, 1.165) is 0 Å². The van der Waals surface area contributed by atoms with Crippen molar-refractivity contribution in [3.63, 3.8) is 0 Å². The van der Waals surface area contributed by atoms with Crippen LogP contribution < -0.4 is 15.6 Å². The molecule has 8 heteroatoms. The molecule has 2 unspecified atom stereocenters. The molecule has 28 heavy (non-hydrogen) atoms. The first-order valence-electron chi connectivity index (χ1n) is 8.62. The summed E-state index contributed by atoms with van der Waals surface area (Å²) in [5, 5.41) is 23.2. The number of aliphatic hydroxyl groups is 1. The van der Waals surface area contributed by atoms with Crippen molar-refractivity contribution >= 4 is 23.2 Å². The van der Waals surface area contributed by atoms with Gasteiger partial charge in [-0.2, -0.15) is 5.26 Å². The quantitative estimate of drug-likeness (QED) is 0.805. The van der Waals surface area contributed by atoms with Gasteiger partial charge in [-0.3, -0.25) is 9.59 Å². The first-order valence-corrected chi connectivity index (χ1v) is 9.00. The molecule has 3 rings (SSSR count). The van der Waals surface area contributed by atoms with Crippen LogP contribution in [0.15, 0.2) is 35.3 Å². The number of nitriles is 1. The number of carbonyl (C=O) groups is 1. The van der Waals surface area contributed by atoms with Crippen LogP contribution in [0, 0.1) is 11.3 Å². The topological polar surface area (TPSA) is 104 Å². The fourth-order valence-corrected chi connectivity index (χ4v) is 3.60. The average Bonchev–Trinajstić information content (AvgIpc) is 2.58. The van der Waals surface area contributed by atoms with Gasteiger partial charge in [-0.15, -0.1) is 0 Å². The summed E-state index contributed by atoms with van der Waals surface area (Å²) in [7, 11) is 0. The van der Waals surface area contributed by atoms with Gasteiger partial charge in [0, 0.05) is 18.7 Å². The first-order chi connectivity index (χ1) is 13.0. The highest BCUT2D eigenvalue weighted by Gasteiger charge is 2.53. The number of nitrogens with zero attached hydrogens (tertiary/aromatic N) is 2. The molecule has 2 heterocycles. The van der Waals surface area contributed by atoms with Crippen LogP contribution in [0.25, 0.3) is 0 Å². The Hall–Kier alpha value is -2.82. The van der Waals surface area contributed by atoms with Crippen LogP contribution in [0.5, 0.6) is 5.75 Å². The summed E-state index contributed by atoms with van der Waals surface area (Å²) in [5.74, 6) is 0.126. The summed E-state index contributed by atoms with van der Waals surface area (Å²) >= 11 is 6.12. The van der Waals surface area contributed by atoms with Gasteiger partial charge in [0.25, 0.3) is 5.56 Å². The summed E-state index contributed by atoms with van der Waals surface area (Å²) in [6, 6.07) is 7.33. The van der Waals surface area contributed by atoms with Gasteiger partial charge in [0.2, 0.25) is 5.91 Å². The number of hydrogen-bond acceptors (Lipinski definition) is 5. The molecule has 146 valence electrons. The standard InChI is InChI=1S/C20H20ClN3O4/c1-11(25)23-13-8-15(21)18(26)24(10-13)17-14-7-12(9-22)5-6-16(14)28-19(2,3)20(17,4)27/h5-8,10,17,27H,1-4H3,(H,23,25). The van der Waals surface area contributed by atoms with E-state index < -0.39 is 22.8 Å². The van der Waals surface area contributed by atoms with Gasteiger partial charge in [0.15, 0.2) is 0 Å². The number of ether oxygens (including phenoxy) is 1. The van der Waals surface area contributed by atoms with Crippen LogP contribution in [0.3, 0.4) is 0 Å². The van der Waals surface area contributed by atoms with Gasteiger partial charge in [-0.1, -0.05) is 11.6 Å². The number of aromatic nitrogens is 1. The van der Waals surface area contributed by atoms with Crippen LogP contribution in [-0.4, -0.2) is 26.8 Å². The second kappa shape index (κ2) is 6.66. The third kappa shape index (κ3) is 3.15. The number of amides is 1. The van der Waals surface area contributed by atoms with E-state index in [1.54, 1.807) is 39.0 Å². The van der Waals surface area contributed by atoms with E-state index in [1.807, 2.05) is 0 Å². The number of pyridine rings is 1. The molecule has 2 N–H and O–H groups in total. The third-order valence-corrected chi connectivity index (χ3v) is 5.42. The van der Waals surface area contributed by atoms with Crippen molar-refractivity contribution in [1.82, 2.24) is 4.57 Å². The molecule has 1 aromatic carbocycles. The lowest BCUT2D eigenvalue weighted by atomic mass is 9.75. The number of carbonyl (C=O) groups excluding carboxylic acids is 1. The fourth-order valence-electron chi connectivity index (χ4n) is 3.39. The lowest BCUT2D eigenvalue weighted by molar-refractivity contribution is -0.139. The maximum atomic E-state index is 12.9. The number of halogens is 1. The summed E-state index contributed by atoms with van der Waals surface area (Å²) in [4.78, 5) is 24.3. The molecule has 0 bridgehead atoms. The Morgan fingerprint density at radius 2 is 2.04 bits per heavy atom. The Kier molecular flexibility index (Phi) is 4.74. The molecule has 2 aromatic rings. The van der Waals surface area contributed by atoms with E-state index in [2.05, 4.69) is 11.4 Å². The molecule has 0 aliphatic carbocycles. The molecule has 0 saturated heterocycles. The lowest BCUT2D eigenvalue weighted by Crippen LogP contribution is -2.60. The van der Waals surface area contributed by atoms with Gasteiger partial charge in [0.05, 0.1) is 23.4 Å². The van der Waals surface area contributed by atoms with Crippen molar-refractivity contribution in [3.8, 4) is 11.8 Å². The number of fused-ring (bicyclic) bond motifs is 1. The molecule has 1 aromatic heterocycles. The highest BCUT2D eigenvalue weighted by atomic mass is 35.5. The highest BCUT2D eigenvalue weighted by Crippen LogP contribution is 2.48. The summed E-state index contributed by atoms with van der Waals surface area (Å²) in [6.45, 7) is 6.33. The monoisotopic (exact) mass is 401 g/mol. The first kappa shape index (κ1) is 19.9. The smallest absolute Gasteiger partial charge is 0.270 e. The predicted molar refractivity (Wildman–Crippen MR) is 105 cm³/mol. The van der Waals surface area contributed by atoms with Crippen molar-refractivity contribution < 1.29 is 14.6 Å². The second-order valence-corrected chi connectivity index (χ2v) is 7.90.